The van der Waals surface area contributed by atoms with Crippen LogP contribution in [0.5, 0.6) is 5.75 Å². The van der Waals surface area contributed by atoms with E-state index in [0.717, 1.165) is 24.2 Å². The summed E-state index contributed by atoms with van der Waals surface area (Å²) in [5, 5.41) is 0. The minimum absolute atomic E-state index is 0.0984. The molecule has 15 heavy (non-hydrogen) atoms. The van der Waals surface area contributed by atoms with Crippen LogP contribution in [0.4, 0.5) is 0 Å². The van der Waals surface area contributed by atoms with Gasteiger partial charge in [0.2, 0.25) is 0 Å². The van der Waals surface area contributed by atoms with Crippen molar-refractivity contribution in [3.05, 3.63) is 29.3 Å². The van der Waals surface area contributed by atoms with Gasteiger partial charge >= 0.3 is 5.97 Å². The van der Waals surface area contributed by atoms with E-state index < -0.39 is 0 Å². The quantitative estimate of drug-likeness (QED) is 0.547. The zero-order valence-electron chi connectivity index (χ0n) is 9.25. The average Bonchev–Trinajstić information content (AvgIpc) is 2.18. The molecule has 0 spiro atoms. The summed E-state index contributed by atoms with van der Waals surface area (Å²) in [6.45, 7) is 4.34. The minimum atomic E-state index is -0.0984. The average molecular weight is 204 g/mol. The van der Waals surface area contributed by atoms with E-state index >= 15 is 0 Å². The Balaban J connectivity index is 2.35. The van der Waals surface area contributed by atoms with Crippen molar-refractivity contribution in [1.29, 1.82) is 0 Å². The fourth-order valence-corrected chi connectivity index (χ4v) is 1.97. The Kier molecular flexibility index (Phi) is 2.76. The lowest BCUT2D eigenvalue weighted by Gasteiger charge is -2.19. The molecule has 0 aliphatic carbocycles. The molecule has 2 rings (SSSR count). The molecule has 0 bridgehead atoms. The maximum absolute atomic E-state index is 11.2. The molecule has 1 aliphatic rings. The maximum Gasteiger partial charge on any atom is 0.311 e. The molecular formula is C13H16O2. The standard InChI is InChI=1S/C13H16O2/c1-9(2)8-11-5-3-4-10-6-7-12(14)15-13(10)11/h3-5,9H,6-8H2,1-2H3. The first-order valence-corrected chi connectivity index (χ1v) is 5.48. The molecule has 1 aromatic rings. The third-order valence-electron chi connectivity index (χ3n) is 2.62. The summed E-state index contributed by atoms with van der Waals surface area (Å²) in [6.07, 6.45) is 2.30. The second-order valence-electron chi connectivity index (χ2n) is 4.48. The Morgan fingerprint density at radius 2 is 2.13 bits per heavy atom. The van der Waals surface area contributed by atoms with E-state index in [9.17, 15) is 4.79 Å². The van der Waals surface area contributed by atoms with Crippen molar-refractivity contribution in [3.8, 4) is 5.75 Å². The van der Waals surface area contributed by atoms with Crippen molar-refractivity contribution in [2.24, 2.45) is 5.92 Å². The van der Waals surface area contributed by atoms with Gasteiger partial charge in [-0.3, -0.25) is 4.79 Å². The molecule has 0 N–H and O–H groups in total. The number of ether oxygens (including phenoxy) is 1. The number of rotatable bonds is 2. The monoisotopic (exact) mass is 204 g/mol. The molecule has 0 radical (unpaired) electrons. The summed E-state index contributed by atoms with van der Waals surface area (Å²) < 4.78 is 5.32. The first kappa shape index (κ1) is 10.2. The van der Waals surface area contributed by atoms with Gasteiger partial charge in [-0.15, -0.1) is 0 Å². The normalized spacial score (nSPS) is 15.0. The molecule has 0 unspecified atom stereocenters. The number of carbonyl (C=O) groups excluding carboxylic acids is 1. The van der Waals surface area contributed by atoms with E-state index in [4.69, 9.17) is 4.74 Å². The van der Waals surface area contributed by atoms with Crippen LogP contribution in [0.3, 0.4) is 0 Å². The molecule has 80 valence electrons. The Morgan fingerprint density at radius 3 is 2.87 bits per heavy atom. The maximum atomic E-state index is 11.2. The van der Waals surface area contributed by atoms with Crippen LogP contribution in [-0.2, 0) is 17.6 Å². The molecule has 1 aliphatic heterocycles. The van der Waals surface area contributed by atoms with Gasteiger partial charge in [-0.2, -0.15) is 0 Å². The van der Waals surface area contributed by atoms with E-state index in [1.165, 1.54) is 5.56 Å². The van der Waals surface area contributed by atoms with E-state index in [0.29, 0.717) is 12.3 Å². The molecular weight excluding hydrogens is 188 g/mol. The lowest BCUT2D eigenvalue weighted by molar-refractivity contribution is -0.135. The molecule has 0 saturated carbocycles. The van der Waals surface area contributed by atoms with E-state index in [2.05, 4.69) is 26.0 Å². The van der Waals surface area contributed by atoms with Crippen LogP contribution >= 0.6 is 0 Å². The number of hydrogen-bond acceptors (Lipinski definition) is 2. The van der Waals surface area contributed by atoms with Crippen LogP contribution in [0.15, 0.2) is 18.2 Å². The molecule has 1 aromatic carbocycles. The van der Waals surface area contributed by atoms with Gasteiger partial charge in [0.05, 0.1) is 6.42 Å². The predicted molar refractivity (Wildman–Crippen MR) is 58.9 cm³/mol. The fourth-order valence-electron chi connectivity index (χ4n) is 1.97. The molecule has 0 saturated heterocycles. The Bertz CT molecular complexity index is 380. The summed E-state index contributed by atoms with van der Waals surface area (Å²) in [7, 11) is 0. The number of hydrogen-bond donors (Lipinski definition) is 0. The Hall–Kier alpha value is -1.31. The predicted octanol–water partition coefficient (Wildman–Crippen LogP) is 2.74. The number of aryl methyl sites for hydroxylation is 1. The van der Waals surface area contributed by atoms with Crippen LogP contribution < -0.4 is 4.74 Å². The van der Waals surface area contributed by atoms with Crippen molar-refractivity contribution in [3.63, 3.8) is 0 Å². The number of para-hydroxylation sites is 1. The van der Waals surface area contributed by atoms with Crippen LogP contribution in [0.1, 0.15) is 31.4 Å². The van der Waals surface area contributed by atoms with E-state index in [1.807, 2.05) is 6.07 Å². The van der Waals surface area contributed by atoms with Gasteiger partial charge < -0.3 is 4.74 Å². The Labute approximate surface area is 90.3 Å². The molecule has 2 nitrogen and oxygen atoms in total. The molecule has 1 heterocycles. The van der Waals surface area contributed by atoms with Gasteiger partial charge in [0.25, 0.3) is 0 Å². The zero-order valence-corrected chi connectivity index (χ0v) is 9.25. The highest BCUT2D eigenvalue weighted by molar-refractivity contribution is 5.76. The Morgan fingerprint density at radius 1 is 1.33 bits per heavy atom. The molecule has 0 amide bonds. The van der Waals surface area contributed by atoms with Crippen LogP contribution in [0.25, 0.3) is 0 Å². The molecule has 2 heteroatoms. The van der Waals surface area contributed by atoms with Crippen molar-refractivity contribution in [2.75, 3.05) is 0 Å². The molecule has 0 fully saturated rings. The number of benzene rings is 1. The van der Waals surface area contributed by atoms with Crippen LogP contribution in [0.2, 0.25) is 0 Å². The highest BCUT2D eigenvalue weighted by Gasteiger charge is 2.19. The van der Waals surface area contributed by atoms with Gasteiger partial charge in [-0.05, 0) is 29.9 Å². The summed E-state index contributed by atoms with van der Waals surface area (Å²) >= 11 is 0. The van der Waals surface area contributed by atoms with Gasteiger partial charge in [0, 0.05) is 0 Å². The summed E-state index contributed by atoms with van der Waals surface area (Å²) in [6, 6.07) is 6.15. The zero-order chi connectivity index (χ0) is 10.8. The van der Waals surface area contributed by atoms with Gasteiger partial charge in [-0.25, -0.2) is 0 Å². The van der Waals surface area contributed by atoms with E-state index in [1.54, 1.807) is 0 Å². The first-order valence-electron chi connectivity index (χ1n) is 5.48. The van der Waals surface area contributed by atoms with Crippen molar-refractivity contribution >= 4 is 5.97 Å². The highest BCUT2D eigenvalue weighted by Crippen LogP contribution is 2.30. The lowest BCUT2D eigenvalue weighted by Crippen LogP contribution is -2.17. The largest absolute Gasteiger partial charge is 0.426 e. The summed E-state index contributed by atoms with van der Waals surface area (Å²) in [5.41, 5.74) is 2.34. The second-order valence-corrected chi connectivity index (χ2v) is 4.48. The van der Waals surface area contributed by atoms with Gasteiger partial charge in [0.1, 0.15) is 5.75 Å². The summed E-state index contributed by atoms with van der Waals surface area (Å²) in [5.74, 6) is 1.30. The highest BCUT2D eigenvalue weighted by atomic mass is 16.5. The third-order valence-corrected chi connectivity index (χ3v) is 2.62. The third kappa shape index (κ3) is 2.20. The summed E-state index contributed by atoms with van der Waals surface area (Å²) in [4.78, 5) is 11.2. The second kappa shape index (κ2) is 4.05. The SMILES string of the molecule is CC(C)Cc1cccc2c1OC(=O)CC2. The van der Waals surface area contributed by atoms with Crippen molar-refractivity contribution in [2.45, 2.75) is 33.1 Å². The van der Waals surface area contributed by atoms with E-state index in [-0.39, 0.29) is 5.97 Å². The fraction of sp³-hybridized carbons (Fsp3) is 0.462. The van der Waals surface area contributed by atoms with Crippen LogP contribution in [0, 0.1) is 5.92 Å². The smallest absolute Gasteiger partial charge is 0.311 e. The van der Waals surface area contributed by atoms with Gasteiger partial charge in [0.15, 0.2) is 0 Å². The minimum Gasteiger partial charge on any atom is -0.426 e. The number of fused-ring (bicyclic) bond motifs is 1. The molecule has 0 aromatic heterocycles. The lowest BCUT2D eigenvalue weighted by atomic mass is 9.96. The topological polar surface area (TPSA) is 26.3 Å². The first-order chi connectivity index (χ1) is 7.16. The molecule has 0 atom stereocenters. The van der Waals surface area contributed by atoms with Gasteiger partial charge in [-0.1, -0.05) is 32.0 Å². The van der Waals surface area contributed by atoms with Crippen molar-refractivity contribution < 1.29 is 9.53 Å². The number of esters is 1. The number of carbonyl (C=O) groups is 1. The van der Waals surface area contributed by atoms with Crippen LogP contribution in [-0.4, -0.2) is 5.97 Å². The van der Waals surface area contributed by atoms with Crippen molar-refractivity contribution in [1.82, 2.24) is 0 Å².